The molecular weight excluding hydrogens is 184 g/mol. The highest BCUT2D eigenvalue weighted by Crippen LogP contribution is 1.85. The van der Waals surface area contributed by atoms with Gasteiger partial charge in [-0.05, 0) is 25.4 Å². The van der Waals surface area contributed by atoms with E-state index in [4.69, 9.17) is 0 Å². The second kappa shape index (κ2) is 23.6. The van der Waals surface area contributed by atoms with Gasteiger partial charge in [0, 0.05) is 13.1 Å². The van der Waals surface area contributed by atoms with E-state index in [-0.39, 0.29) is 0 Å². The van der Waals surface area contributed by atoms with Gasteiger partial charge in [-0.2, -0.15) is 0 Å². The Hall–Kier alpha value is -0.0800. The standard InChI is InChI=1S/C9H22N2.2C2H6/c1-4-5-10-6-7-11-8-9(2)3;2*1-2/h9-11H,4-8H2,1-3H3;2*1-2H3. The average molecular weight is 218 g/mol. The molecule has 0 bridgehead atoms. The second-order valence-corrected chi connectivity index (χ2v) is 3.35. The molecule has 0 aromatic carbocycles. The molecule has 0 aliphatic carbocycles. The van der Waals surface area contributed by atoms with E-state index in [2.05, 4.69) is 31.4 Å². The van der Waals surface area contributed by atoms with Gasteiger partial charge < -0.3 is 10.6 Å². The maximum Gasteiger partial charge on any atom is 0.00768 e. The fourth-order valence-corrected chi connectivity index (χ4v) is 0.869. The molecule has 2 nitrogen and oxygen atoms in total. The molecule has 0 aliphatic heterocycles. The summed E-state index contributed by atoms with van der Waals surface area (Å²) in [6, 6.07) is 0. The van der Waals surface area contributed by atoms with E-state index in [1.165, 1.54) is 6.42 Å². The third-order valence-electron chi connectivity index (χ3n) is 1.46. The van der Waals surface area contributed by atoms with Crippen LogP contribution in [-0.4, -0.2) is 26.2 Å². The van der Waals surface area contributed by atoms with Crippen molar-refractivity contribution in [3.8, 4) is 0 Å². The lowest BCUT2D eigenvalue weighted by atomic mass is 10.2. The van der Waals surface area contributed by atoms with Crippen LogP contribution < -0.4 is 10.6 Å². The summed E-state index contributed by atoms with van der Waals surface area (Å²) in [5.74, 6) is 0.765. The first kappa shape index (κ1) is 20.3. The van der Waals surface area contributed by atoms with E-state index < -0.39 is 0 Å². The topological polar surface area (TPSA) is 24.1 Å². The van der Waals surface area contributed by atoms with Crippen molar-refractivity contribution >= 4 is 0 Å². The van der Waals surface area contributed by atoms with Crippen LogP contribution in [0, 0.1) is 5.92 Å². The number of nitrogens with one attached hydrogen (secondary N) is 2. The molecule has 96 valence electrons. The lowest BCUT2D eigenvalue weighted by Crippen LogP contribution is -2.29. The minimum Gasteiger partial charge on any atom is -0.315 e. The molecule has 0 saturated heterocycles. The molecule has 0 heterocycles. The van der Waals surface area contributed by atoms with Gasteiger partial charge in [-0.1, -0.05) is 48.5 Å². The number of rotatable bonds is 7. The predicted molar refractivity (Wildman–Crippen MR) is 73.6 cm³/mol. The number of hydrogen-bond donors (Lipinski definition) is 2. The second-order valence-electron chi connectivity index (χ2n) is 3.35. The molecule has 2 heteroatoms. The van der Waals surface area contributed by atoms with Crippen LogP contribution in [0.2, 0.25) is 0 Å². The van der Waals surface area contributed by atoms with Gasteiger partial charge in [-0.15, -0.1) is 0 Å². The van der Waals surface area contributed by atoms with Crippen LogP contribution in [0.15, 0.2) is 0 Å². The third-order valence-corrected chi connectivity index (χ3v) is 1.46. The van der Waals surface area contributed by atoms with Crippen LogP contribution in [0.4, 0.5) is 0 Å². The summed E-state index contributed by atoms with van der Waals surface area (Å²) in [6.45, 7) is 19.1. The molecule has 0 aliphatic rings. The molecule has 0 atom stereocenters. The van der Waals surface area contributed by atoms with Gasteiger partial charge in [0.05, 0.1) is 0 Å². The maximum absolute atomic E-state index is 3.38. The van der Waals surface area contributed by atoms with E-state index in [0.717, 1.165) is 32.1 Å². The van der Waals surface area contributed by atoms with Crippen LogP contribution in [-0.2, 0) is 0 Å². The summed E-state index contributed by atoms with van der Waals surface area (Å²) in [7, 11) is 0. The van der Waals surface area contributed by atoms with Crippen LogP contribution in [0.5, 0.6) is 0 Å². The summed E-state index contributed by atoms with van der Waals surface area (Å²) >= 11 is 0. The quantitative estimate of drug-likeness (QED) is 0.641. The Bertz CT molecular complexity index is 72.9. The SMILES string of the molecule is CC.CC.CCCNCCNCC(C)C. The Morgan fingerprint density at radius 1 is 0.800 bits per heavy atom. The van der Waals surface area contributed by atoms with Crippen molar-refractivity contribution in [3.63, 3.8) is 0 Å². The monoisotopic (exact) mass is 218 g/mol. The first-order valence-corrected chi connectivity index (χ1v) is 6.68. The smallest absolute Gasteiger partial charge is 0.00768 e. The molecule has 2 N–H and O–H groups in total. The lowest BCUT2D eigenvalue weighted by Gasteiger charge is -2.07. The van der Waals surface area contributed by atoms with Gasteiger partial charge in [0.25, 0.3) is 0 Å². The molecule has 0 saturated carbocycles. The molecule has 0 aromatic rings. The van der Waals surface area contributed by atoms with Gasteiger partial charge in [-0.3, -0.25) is 0 Å². The van der Waals surface area contributed by atoms with E-state index in [1.807, 2.05) is 27.7 Å². The van der Waals surface area contributed by atoms with Gasteiger partial charge >= 0.3 is 0 Å². The fourth-order valence-electron chi connectivity index (χ4n) is 0.869. The zero-order valence-electron chi connectivity index (χ0n) is 12.1. The fraction of sp³-hybridized carbons (Fsp3) is 1.00. The molecule has 0 unspecified atom stereocenters. The largest absolute Gasteiger partial charge is 0.315 e. The van der Waals surface area contributed by atoms with Crippen molar-refractivity contribution in [2.24, 2.45) is 5.92 Å². The summed E-state index contributed by atoms with van der Waals surface area (Å²) in [5, 5.41) is 6.73. The van der Waals surface area contributed by atoms with Crippen molar-refractivity contribution in [1.82, 2.24) is 10.6 Å². The van der Waals surface area contributed by atoms with Crippen molar-refractivity contribution < 1.29 is 0 Å². The molecule has 0 fully saturated rings. The van der Waals surface area contributed by atoms with Gasteiger partial charge in [0.1, 0.15) is 0 Å². The Labute approximate surface area is 98.2 Å². The van der Waals surface area contributed by atoms with Crippen LogP contribution in [0.3, 0.4) is 0 Å². The predicted octanol–water partition coefficient (Wildman–Crippen LogP) is 3.28. The minimum atomic E-state index is 0.765. The Morgan fingerprint density at radius 3 is 1.67 bits per heavy atom. The van der Waals surface area contributed by atoms with E-state index in [1.54, 1.807) is 0 Å². The van der Waals surface area contributed by atoms with Crippen molar-refractivity contribution in [2.75, 3.05) is 26.2 Å². The van der Waals surface area contributed by atoms with Gasteiger partial charge in [0.2, 0.25) is 0 Å². The summed E-state index contributed by atoms with van der Waals surface area (Å²) in [4.78, 5) is 0. The zero-order valence-corrected chi connectivity index (χ0v) is 12.1. The average Bonchev–Trinajstić information content (AvgIpc) is 2.28. The molecule has 0 radical (unpaired) electrons. The molecule has 0 rings (SSSR count). The lowest BCUT2D eigenvalue weighted by molar-refractivity contribution is 0.535. The molecule has 15 heavy (non-hydrogen) atoms. The Balaban J connectivity index is -0.000000318. The van der Waals surface area contributed by atoms with Crippen LogP contribution in [0.1, 0.15) is 54.9 Å². The normalized spacial score (nSPS) is 8.80. The van der Waals surface area contributed by atoms with Gasteiger partial charge in [0.15, 0.2) is 0 Å². The summed E-state index contributed by atoms with van der Waals surface area (Å²) in [6.07, 6.45) is 1.23. The minimum absolute atomic E-state index is 0.765. The van der Waals surface area contributed by atoms with E-state index in [0.29, 0.717) is 0 Å². The summed E-state index contributed by atoms with van der Waals surface area (Å²) < 4.78 is 0. The zero-order chi connectivity index (χ0) is 12.5. The third kappa shape index (κ3) is 31.5. The van der Waals surface area contributed by atoms with Crippen molar-refractivity contribution in [3.05, 3.63) is 0 Å². The molecule has 0 aromatic heterocycles. The van der Waals surface area contributed by atoms with Crippen LogP contribution in [0.25, 0.3) is 0 Å². The molecule has 0 amide bonds. The first-order chi connectivity index (χ1) is 7.27. The number of hydrogen-bond acceptors (Lipinski definition) is 2. The highest BCUT2D eigenvalue weighted by molar-refractivity contribution is 4.53. The molecular formula is C13H34N2. The first-order valence-electron chi connectivity index (χ1n) is 6.68. The molecule has 0 spiro atoms. The Morgan fingerprint density at radius 2 is 1.27 bits per heavy atom. The Kier molecular flexibility index (Phi) is 32.0. The summed E-state index contributed by atoms with van der Waals surface area (Å²) in [5.41, 5.74) is 0. The van der Waals surface area contributed by atoms with Gasteiger partial charge in [-0.25, -0.2) is 0 Å². The van der Waals surface area contributed by atoms with E-state index >= 15 is 0 Å². The van der Waals surface area contributed by atoms with Crippen molar-refractivity contribution in [2.45, 2.75) is 54.9 Å². The highest BCUT2D eigenvalue weighted by Gasteiger charge is 1.90. The highest BCUT2D eigenvalue weighted by atomic mass is 14.9. The van der Waals surface area contributed by atoms with Crippen LogP contribution >= 0.6 is 0 Å². The van der Waals surface area contributed by atoms with Crippen molar-refractivity contribution in [1.29, 1.82) is 0 Å². The maximum atomic E-state index is 3.38. The van der Waals surface area contributed by atoms with E-state index in [9.17, 15) is 0 Å².